The van der Waals surface area contributed by atoms with E-state index in [1.54, 1.807) is 42.7 Å². The van der Waals surface area contributed by atoms with Gasteiger partial charge in [0.25, 0.3) is 5.91 Å². The number of fused-ring (bicyclic) bond motifs is 2. The number of rotatable bonds is 8. The maximum atomic E-state index is 13.0. The molecule has 5 rings (SSSR count). The second-order valence-corrected chi connectivity index (χ2v) is 8.81. The fraction of sp³-hybridized carbons (Fsp3) is 0.185. The van der Waals surface area contributed by atoms with E-state index >= 15 is 0 Å². The summed E-state index contributed by atoms with van der Waals surface area (Å²) in [5.74, 6) is -0.0711. The molecule has 11 heteroatoms. The zero-order valence-electron chi connectivity index (χ0n) is 20.8. The predicted octanol–water partition coefficient (Wildman–Crippen LogP) is 2.92. The number of nitrogens with one attached hydrogen (secondary N) is 2. The van der Waals surface area contributed by atoms with Gasteiger partial charge in [0.1, 0.15) is 11.4 Å². The molecule has 0 unspecified atom stereocenters. The van der Waals surface area contributed by atoms with Gasteiger partial charge in [-0.15, -0.1) is 10.3 Å². The van der Waals surface area contributed by atoms with E-state index in [0.29, 0.717) is 48.6 Å². The van der Waals surface area contributed by atoms with Gasteiger partial charge in [0.05, 0.1) is 16.8 Å². The molecule has 0 spiro atoms. The largest absolute Gasteiger partial charge is 0.351 e. The molecule has 0 saturated heterocycles. The number of amides is 1. The quantitative estimate of drug-likeness (QED) is 0.282. The molecular formula is C27H28N8O3. The Morgan fingerprint density at radius 3 is 2.50 bits per heavy atom. The molecule has 1 aliphatic rings. The van der Waals surface area contributed by atoms with Crippen LogP contribution in [-0.2, 0) is 0 Å². The fourth-order valence-electron chi connectivity index (χ4n) is 4.16. The van der Waals surface area contributed by atoms with Crippen LogP contribution in [0.25, 0.3) is 22.2 Å². The van der Waals surface area contributed by atoms with Crippen LogP contribution in [0.4, 0.5) is 11.4 Å². The van der Waals surface area contributed by atoms with Gasteiger partial charge in [-0.2, -0.15) is 5.06 Å². The smallest absolute Gasteiger partial charge is 0.253 e. The van der Waals surface area contributed by atoms with Gasteiger partial charge in [-0.25, -0.2) is 4.98 Å². The third-order valence-corrected chi connectivity index (χ3v) is 6.21. The lowest BCUT2D eigenvalue weighted by atomic mass is 10.1. The van der Waals surface area contributed by atoms with Gasteiger partial charge < -0.3 is 15.5 Å². The van der Waals surface area contributed by atoms with Gasteiger partial charge >= 0.3 is 0 Å². The summed E-state index contributed by atoms with van der Waals surface area (Å²) in [6.07, 6.45) is 3.43. The minimum absolute atomic E-state index is 0.113. The maximum absolute atomic E-state index is 13.0. The number of hydrazone groups is 1. The van der Waals surface area contributed by atoms with Crippen molar-refractivity contribution in [1.29, 1.82) is 0 Å². The van der Waals surface area contributed by atoms with Crippen molar-refractivity contribution >= 4 is 34.1 Å². The Morgan fingerprint density at radius 2 is 1.68 bits per heavy atom. The first-order chi connectivity index (χ1) is 18.5. The number of pyridine rings is 2. The lowest BCUT2D eigenvalue weighted by Crippen LogP contribution is -2.46. The Hall–Kier alpha value is -4.58. The van der Waals surface area contributed by atoms with Gasteiger partial charge in [-0.1, -0.05) is 30.3 Å². The highest BCUT2D eigenvalue weighted by molar-refractivity contribution is 6.06. The zero-order chi connectivity index (χ0) is 26.5. The first-order valence-electron chi connectivity index (χ1n) is 12.2. The van der Waals surface area contributed by atoms with E-state index in [1.165, 1.54) is 0 Å². The monoisotopic (exact) mass is 512 g/mol. The van der Waals surface area contributed by atoms with Crippen molar-refractivity contribution in [2.45, 2.75) is 0 Å². The van der Waals surface area contributed by atoms with Crippen molar-refractivity contribution in [3.8, 4) is 11.3 Å². The van der Waals surface area contributed by atoms with Gasteiger partial charge in [-0.3, -0.25) is 20.2 Å². The van der Waals surface area contributed by atoms with Gasteiger partial charge in [0, 0.05) is 49.5 Å². The maximum Gasteiger partial charge on any atom is 0.253 e. The highest BCUT2D eigenvalue weighted by Gasteiger charge is 2.24. The molecule has 0 saturated carbocycles. The second-order valence-electron chi connectivity index (χ2n) is 8.81. The molecule has 1 amide bonds. The molecule has 4 aromatic rings. The van der Waals surface area contributed by atoms with Crippen LogP contribution < -0.4 is 20.9 Å². The Kier molecular flexibility index (Phi) is 7.40. The van der Waals surface area contributed by atoms with Crippen LogP contribution in [0, 0.1) is 0 Å². The van der Waals surface area contributed by atoms with E-state index in [-0.39, 0.29) is 11.9 Å². The number of benzene rings is 2. The Balaban J connectivity index is 1.13. The summed E-state index contributed by atoms with van der Waals surface area (Å²) >= 11 is 0. The Morgan fingerprint density at radius 1 is 0.921 bits per heavy atom. The summed E-state index contributed by atoms with van der Waals surface area (Å²) < 4.78 is 0. The number of likely N-dealkylation sites (N-methyl/N-ethyl adjacent to an activating group) is 1. The molecular weight excluding hydrogens is 484 g/mol. The van der Waals surface area contributed by atoms with Crippen LogP contribution in [0.1, 0.15) is 10.4 Å². The SMILES string of the molecule is CN(CCNC(=O)c1cccc2ccc(-c3ccncc3)nc12)CCNC1=NN(O)c2ccccc2N1O. The van der Waals surface area contributed by atoms with Crippen molar-refractivity contribution in [2.75, 3.05) is 43.5 Å². The lowest BCUT2D eigenvalue weighted by molar-refractivity contribution is 0.0951. The van der Waals surface area contributed by atoms with Gasteiger partial charge in [-0.05, 0) is 43.4 Å². The number of hydroxylamine groups is 1. The summed E-state index contributed by atoms with van der Waals surface area (Å²) in [6.45, 7) is 2.13. The van der Waals surface area contributed by atoms with E-state index in [0.717, 1.165) is 26.9 Å². The van der Waals surface area contributed by atoms with Crippen LogP contribution in [0.3, 0.4) is 0 Å². The van der Waals surface area contributed by atoms with E-state index < -0.39 is 0 Å². The van der Waals surface area contributed by atoms with Crippen LogP contribution >= 0.6 is 0 Å². The molecule has 0 aliphatic carbocycles. The minimum atomic E-state index is -0.185. The van der Waals surface area contributed by atoms with E-state index in [2.05, 4.69) is 20.7 Å². The summed E-state index contributed by atoms with van der Waals surface area (Å²) in [4.78, 5) is 23.8. The molecule has 2 aromatic heterocycles. The molecule has 194 valence electrons. The number of aromatic nitrogens is 2. The topological polar surface area (TPSA) is 129 Å². The van der Waals surface area contributed by atoms with Gasteiger partial charge in [0.2, 0.25) is 5.96 Å². The van der Waals surface area contributed by atoms with E-state index in [4.69, 9.17) is 4.98 Å². The van der Waals surface area contributed by atoms with Crippen LogP contribution in [0.15, 0.2) is 84.2 Å². The third-order valence-electron chi connectivity index (χ3n) is 6.21. The average Bonchev–Trinajstić information content (AvgIpc) is 2.95. The summed E-state index contributed by atoms with van der Waals surface area (Å²) in [6, 6.07) is 20.1. The molecule has 2 aromatic carbocycles. The number of hydrogen-bond donors (Lipinski definition) is 4. The van der Waals surface area contributed by atoms with E-state index in [1.807, 2.05) is 48.3 Å². The zero-order valence-corrected chi connectivity index (χ0v) is 20.8. The fourth-order valence-corrected chi connectivity index (χ4v) is 4.16. The predicted molar refractivity (Wildman–Crippen MR) is 145 cm³/mol. The van der Waals surface area contributed by atoms with Crippen LogP contribution in [0.2, 0.25) is 0 Å². The molecule has 0 bridgehead atoms. The number of hydrogen-bond acceptors (Lipinski definition) is 10. The molecule has 0 atom stereocenters. The standard InChI is InChI=1S/C27H28N8O3/c1-33(18-16-30-27-32-35(38)24-8-3-2-7-23(24)34(27)37)17-15-29-26(36)21-6-4-5-20-9-10-22(31-25(20)21)19-11-13-28-14-12-19/h2-14,37-38H,15-18H2,1H3,(H,29,36)(H,30,32). The molecule has 3 heterocycles. The number of para-hydroxylation sites is 3. The van der Waals surface area contributed by atoms with Crippen molar-refractivity contribution in [1.82, 2.24) is 25.5 Å². The highest BCUT2D eigenvalue weighted by Crippen LogP contribution is 2.30. The summed E-state index contributed by atoms with van der Waals surface area (Å²) in [5.41, 5.74) is 3.69. The Labute approximate surface area is 219 Å². The number of guanidine groups is 1. The summed E-state index contributed by atoms with van der Waals surface area (Å²) in [7, 11) is 1.93. The van der Waals surface area contributed by atoms with Crippen LogP contribution in [0.5, 0.6) is 0 Å². The van der Waals surface area contributed by atoms with Crippen molar-refractivity contribution in [2.24, 2.45) is 5.10 Å². The number of nitrogens with zero attached hydrogens (tertiary/aromatic N) is 6. The van der Waals surface area contributed by atoms with E-state index in [9.17, 15) is 15.2 Å². The van der Waals surface area contributed by atoms with Crippen LogP contribution in [-0.4, -0.2) is 70.4 Å². The first kappa shape index (κ1) is 25.1. The number of anilines is 2. The van der Waals surface area contributed by atoms with Crippen molar-refractivity contribution in [3.05, 3.63) is 84.7 Å². The molecule has 11 nitrogen and oxygen atoms in total. The average molecular weight is 513 g/mol. The third kappa shape index (κ3) is 5.39. The molecule has 1 aliphatic heterocycles. The Bertz CT molecular complexity index is 1460. The lowest BCUT2D eigenvalue weighted by Gasteiger charge is -2.29. The number of carbonyl (C=O) groups excluding carboxylic acids is 1. The molecule has 0 radical (unpaired) electrons. The van der Waals surface area contributed by atoms with Crippen molar-refractivity contribution in [3.63, 3.8) is 0 Å². The first-order valence-corrected chi connectivity index (χ1v) is 12.2. The highest BCUT2D eigenvalue weighted by atomic mass is 16.5. The second kappa shape index (κ2) is 11.2. The molecule has 0 fully saturated rings. The molecule has 38 heavy (non-hydrogen) atoms. The molecule has 4 N–H and O–H groups in total. The van der Waals surface area contributed by atoms with Crippen molar-refractivity contribution < 1.29 is 15.2 Å². The minimum Gasteiger partial charge on any atom is -0.351 e. The normalized spacial score (nSPS) is 12.9. The summed E-state index contributed by atoms with van der Waals surface area (Å²) in [5, 5.41) is 33.0. The number of carbonyl (C=O) groups is 1. The van der Waals surface area contributed by atoms with Gasteiger partial charge in [0.15, 0.2) is 0 Å².